The molecule has 1 aromatic heterocycles. The van der Waals surface area contributed by atoms with Crippen LogP contribution in [0.4, 0.5) is 0 Å². The molecule has 0 saturated carbocycles. The maximum Gasteiger partial charge on any atom is 0.270 e. The second-order valence-electron chi connectivity index (χ2n) is 6.71. The molecular weight excluding hydrogens is 354 g/mol. The molecular formula is C22H21N3O3. The minimum atomic E-state index is -0.212. The molecule has 1 amide bonds. The van der Waals surface area contributed by atoms with Crippen LogP contribution in [0.1, 0.15) is 22.5 Å². The smallest absolute Gasteiger partial charge is 0.270 e. The minimum absolute atomic E-state index is 0.0327. The summed E-state index contributed by atoms with van der Waals surface area (Å²) < 4.78 is 5.26. The van der Waals surface area contributed by atoms with Crippen LogP contribution in [0.25, 0.3) is 10.8 Å². The molecule has 2 aromatic carbocycles. The standard InChI is InChI=1S/C22H21N3O3/c1-27-18-7-4-5-15(11-18)12-19-13-17(25-28-19)14-24-22(26)21-20-8-3-2-6-16(20)9-10-23-21/h2-11,19H,12-14H2,1H3,(H,24,26). The number of oxime groups is 1. The number of carbonyl (C=O) groups is 1. The van der Waals surface area contributed by atoms with Gasteiger partial charge in [0, 0.05) is 24.4 Å². The van der Waals surface area contributed by atoms with Gasteiger partial charge in [0.05, 0.1) is 19.4 Å². The van der Waals surface area contributed by atoms with Crippen LogP contribution in [0.5, 0.6) is 5.75 Å². The molecule has 3 aromatic rings. The van der Waals surface area contributed by atoms with E-state index in [2.05, 4.69) is 15.5 Å². The highest BCUT2D eigenvalue weighted by atomic mass is 16.6. The predicted molar refractivity (Wildman–Crippen MR) is 108 cm³/mol. The molecule has 0 radical (unpaired) electrons. The quantitative estimate of drug-likeness (QED) is 0.717. The first-order valence-corrected chi connectivity index (χ1v) is 9.19. The van der Waals surface area contributed by atoms with Gasteiger partial charge >= 0.3 is 0 Å². The van der Waals surface area contributed by atoms with Gasteiger partial charge < -0.3 is 14.9 Å². The number of ether oxygens (including phenoxy) is 1. The Hall–Kier alpha value is -3.41. The van der Waals surface area contributed by atoms with Gasteiger partial charge in [0.25, 0.3) is 5.91 Å². The molecule has 1 atom stereocenters. The van der Waals surface area contributed by atoms with Gasteiger partial charge in [0.2, 0.25) is 0 Å². The van der Waals surface area contributed by atoms with Crippen molar-refractivity contribution in [3.63, 3.8) is 0 Å². The third-order valence-electron chi connectivity index (χ3n) is 4.73. The molecule has 6 heteroatoms. The van der Waals surface area contributed by atoms with Crippen LogP contribution >= 0.6 is 0 Å². The molecule has 2 heterocycles. The average Bonchev–Trinajstić information content (AvgIpc) is 3.19. The summed E-state index contributed by atoms with van der Waals surface area (Å²) in [7, 11) is 1.65. The average molecular weight is 375 g/mol. The van der Waals surface area contributed by atoms with E-state index in [1.165, 1.54) is 0 Å². The number of benzene rings is 2. The van der Waals surface area contributed by atoms with Gasteiger partial charge in [-0.15, -0.1) is 0 Å². The maximum atomic E-state index is 12.6. The summed E-state index contributed by atoms with van der Waals surface area (Å²) in [4.78, 5) is 22.4. The summed E-state index contributed by atoms with van der Waals surface area (Å²) in [6, 6.07) is 17.5. The molecule has 1 aliphatic rings. The van der Waals surface area contributed by atoms with E-state index in [9.17, 15) is 4.79 Å². The Labute approximate surface area is 163 Å². The fourth-order valence-corrected chi connectivity index (χ4v) is 3.33. The van der Waals surface area contributed by atoms with Crippen molar-refractivity contribution in [1.82, 2.24) is 10.3 Å². The first kappa shape index (κ1) is 18.0. The Kier molecular flexibility index (Phi) is 5.19. The molecule has 142 valence electrons. The second kappa shape index (κ2) is 8.08. The molecule has 0 fully saturated rings. The Morgan fingerprint density at radius 1 is 1.21 bits per heavy atom. The first-order valence-electron chi connectivity index (χ1n) is 9.19. The highest BCUT2D eigenvalue weighted by molar-refractivity contribution is 6.06. The summed E-state index contributed by atoms with van der Waals surface area (Å²) in [6.45, 7) is 0.346. The zero-order valence-corrected chi connectivity index (χ0v) is 15.6. The maximum absolute atomic E-state index is 12.6. The van der Waals surface area contributed by atoms with Crippen molar-refractivity contribution in [1.29, 1.82) is 0 Å². The first-order chi connectivity index (χ1) is 13.7. The van der Waals surface area contributed by atoms with Gasteiger partial charge in [-0.2, -0.15) is 0 Å². The summed E-state index contributed by atoms with van der Waals surface area (Å²) in [5.74, 6) is 0.613. The molecule has 1 unspecified atom stereocenters. The van der Waals surface area contributed by atoms with E-state index >= 15 is 0 Å². The van der Waals surface area contributed by atoms with E-state index in [1.54, 1.807) is 13.3 Å². The Balaban J connectivity index is 1.33. The van der Waals surface area contributed by atoms with E-state index in [0.717, 1.165) is 34.2 Å². The number of nitrogens with one attached hydrogen (secondary N) is 1. The van der Waals surface area contributed by atoms with E-state index in [-0.39, 0.29) is 12.0 Å². The number of hydrogen-bond acceptors (Lipinski definition) is 5. The summed E-state index contributed by atoms with van der Waals surface area (Å²) in [6.07, 6.45) is 3.04. The van der Waals surface area contributed by atoms with Crippen LogP contribution in [0, 0.1) is 0 Å². The molecule has 6 nitrogen and oxygen atoms in total. The lowest BCUT2D eigenvalue weighted by Gasteiger charge is -2.09. The number of hydrogen-bond donors (Lipinski definition) is 1. The number of pyridine rings is 1. The minimum Gasteiger partial charge on any atom is -0.497 e. The van der Waals surface area contributed by atoms with Crippen LogP contribution in [0.3, 0.4) is 0 Å². The zero-order chi connectivity index (χ0) is 19.3. The molecule has 0 spiro atoms. The lowest BCUT2D eigenvalue weighted by atomic mass is 10.0. The predicted octanol–water partition coefficient (Wildman–Crippen LogP) is 3.36. The van der Waals surface area contributed by atoms with Crippen molar-refractivity contribution >= 4 is 22.4 Å². The molecule has 4 rings (SSSR count). The van der Waals surface area contributed by atoms with Crippen molar-refractivity contribution in [3.8, 4) is 5.75 Å². The fraction of sp³-hybridized carbons (Fsp3) is 0.227. The lowest BCUT2D eigenvalue weighted by molar-refractivity contribution is 0.0858. The molecule has 1 aliphatic heterocycles. The third kappa shape index (κ3) is 3.96. The molecule has 0 saturated heterocycles. The number of rotatable bonds is 6. The second-order valence-corrected chi connectivity index (χ2v) is 6.71. The number of methoxy groups -OCH3 is 1. The van der Waals surface area contributed by atoms with Crippen LogP contribution in [-0.4, -0.2) is 36.4 Å². The Bertz CT molecular complexity index is 1030. The van der Waals surface area contributed by atoms with E-state index < -0.39 is 0 Å². The molecule has 1 N–H and O–H groups in total. The van der Waals surface area contributed by atoms with E-state index in [4.69, 9.17) is 9.57 Å². The zero-order valence-electron chi connectivity index (χ0n) is 15.6. The van der Waals surface area contributed by atoms with Crippen molar-refractivity contribution in [2.24, 2.45) is 5.16 Å². The Morgan fingerprint density at radius 2 is 2.11 bits per heavy atom. The van der Waals surface area contributed by atoms with Gasteiger partial charge in [-0.05, 0) is 29.1 Å². The molecule has 0 bridgehead atoms. The lowest BCUT2D eigenvalue weighted by Crippen LogP contribution is -2.30. The summed E-state index contributed by atoms with van der Waals surface area (Å²) in [5.41, 5.74) is 2.37. The highest BCUT2D eigenvalue weighted by Crippen LogP contribution is 2.20. The van der Waals surface area contributed by atoms with E-state index in [0.29, 0.717) is 18.7 Å². The number of nitrogens with zero attached hydrogens (tertiary/aromatic N) is 2. The fourth-order valence-electron chi connectivity index (χ4n) is 3.33. The largest absolute Gasteiger partial charge is 0.497 e. The highest BCUT2D eigenvalue weighted by Gasteiger charge is 2.22. The SMILES string of the molecule is COc1cccc(CC2CC(CNC(=O)c3nccc4ccccc34)=NO2)c1. The van der Waals surface area contributed by atoms with Crippen LogP contribution in [0.2, 0.25) is 0 Å². The van der Waals surface area contributed by atoms with Gasteiger partial charge in [0.15, 0.2) is 0 Å². The van der Waals surface area contributed by atoms with Gasteiger partial charge in [-0.1, -0.05) is 41.6 Å². The Morgan fingerprint density at radius 3 is 3.00 bits per heavy atom. The monoisotopic (exact) mass is 375 g/mol. The van der Waals surface area contributed by atoms with Crippen molar-refractivity contribution in [2.45, 2.75) is 18.9 Å². The summed E-state index contributed by atoms with van der Waals surface area (Å²) >= 11 is 0. The van der Waals surface area contributed by atoms with E-state index in [1.807, 2.05) is 54.6 Å². The normalized spacial score (nSPS) is 15.8. The number of aromatic nitrogens is 1. The number of amides is 1. The van der Waals surface area contributed by atoms with Crippen LogP contribution in [0.15, 0.2) is 65.9 Å². The van der Waals surface area contributed by atoms with Crippen LogP contribution < -0.4 is 10.1 Å². The van der Waals surface area contributed by atoms with Crippen molar-refractivity contribution in [3.05, 3.63) is 72.1 Å². The third-order valence-corrected chi connectivity index (χ3v) is 4.73. The van der Waals surface area contributed by atoms with Gasteiger partial charge in [-0.3, -0.25) is 9.78 Å². The number of carbonyl (C=O) groups excluding carboxylic acids is 1. The van der Waals surface area contributed by atoms with Crippen LogP contribution in [-0.2, 0) is 11.3 Å². The topological polar surface area (TPSA) is 72.8 Å². The van der Waals surface area contributed by atoms with Crippen molar-refractivity contribution in [2.75, 3.05) is 13.7 Å². The number of fused-ring (bicyclic) bond motifs is 1. The van der Waals surface area contributed by atoms with Crippen molar-refractivity contribution < 1.29 is 14.4 Å². The molecule has 28 heavy (non-hydrogen) atoms. The summed E-state index contributed by atoms with van der Waals surface area (Å²) in [5, 5.41) is 8.86. The molecule has 0 aliphatic carbocycles. The van der Waals surface area contributed by atoms with Gasteiger partial charge in [-0.25, -0.2) is 0 Å². The van der Waals surface area contributed by atoms with Gasteiger partial charge in [0.1, 0.15) is 17.5 Å².